The molecule has 1 heterocycles. The number of carbonyl (C=O) groups excluding carboxylic acids is 1. The third-order valence-corrected chi connectivity index (χ3v) is 4.82. The van der Waals surface area contributed by atoms with Crippen LogP contribution in [-0.2, 0) is 0 Å². The van der Waals surface area contributed by atoms with E-state index < -0.39 is 0 Å². The zero-order valence-corrected chi connectivity index (χ0v) is 14.7. The van der Waals surface area contributed by atoms with Crippen LogP contribution >= 0.6 is 34.2 Å². The van der Waals surface area contributed by atoms with Gasteiger partial charge < -0.3 is 14.8 Å². The Kier molecular flexibility index (Phi) is 4.44. The molecule has 1 aliphatic rings. The fourth-order valence-electron chi connectivity index (χ4n) is 2.14. The highest BCUT2D eigenvalue weighted by atomic mass is 127. The molecule has 3 rings (SSSR count). The van der Waals surface area contributed by atoms with Crippen LogP contribution in [0.4, 0.5) is 5.69 Å². The molecule has 0 unspecified atom stereocenters. The van der Waals surface area contributed by atoms with Gasteiger partial charge in [-0.25, -0.2) is 0 Å². The van der Waals surface area contributed by atoms with Crippen LogP contribution in [0.25, 0.3) is 0 Å². The van der Waals surface area contributed by atoms with Crippen LogP contribution in [0.5, 0.6) is 11.5 Å². The van der Waals surface area contributed by atoms with Gasteiger partial charge in [0.1, 0.15) is 13.2 Å². The van der Waals surface area contributed by atoms with E-state index in [1.807, 2.05) is 19.1 Å². The molecule has 0 aromatic heterocycles. The molecule has 2 aromatic carbocycles. The number of benzene rings is 2. The number of carbonyl (C=O) groups is 1. The van der Waals surface area contributed by atoms with E-state index in [1.165, 1.54) is 0 Å². The third-order valence-electron chi connectivity index (χ3n) is 3.30. The van der Waals surface area contributed by atoms with Crippen molar-refractivity contribution in [3.8, 4) is 11.5 Å². The molecule has 1 amide bonds. The summed E-state index contributed by atoms with van der Waals surface area (Å²) < 4.78 is 12.1. The van der Waals surface area contributed by atoms with E-state index in [4.69, 9.17) is 21.1 Å². The van der Waals surface area contributed by atoms with Crippen molar-refractivity contribution in [3.63, 3.8) is 0 Å². The molecule has 0 atom stereocenters. The Labute approximate surface area is 146 Å². The largest absolute Gasteiger partial charge is 0.486 e. The summed E-state index contributed by atoms with van der Waals surface area (Å²) in [6.45, 7) is 2.95. The van der Waals surface area contributed by atoms with Crippen molar-refractivity contribution in [3.05, 3.63) is 50.1 Å². The molecule has 6 heteroatoms. The summed E-state index contributed by atoms with van der Waals surface area (Å²) in [6.07, 6.45) is 0. The van der Waals surface area contributed by atoms with Gasteiger partial charge in [-0.05, 0) is 53.3 Å². The summed E-state index contributed by atoms with van der Waals surface area (Å²) in [5.41, 5.74) is 2.15. The van der Waals surface area contributed by atoms with Crippen LogP contribution in [0.3, 0.4) is 0 Å². The van der Waals surface area contributed by atoms with Gasteiger partial charge in [-0.15, -0.1) is 0 Å². The molecule has 0 saturated heterocycles. The summed E-state index contributed by atoms with van der Waals surface area (Å²) in [5.74, 6) is 0.974. The number of rotatable bonds is 2. The van der Waals surface area contributed by atoms with Crippen molar-refractivity contribution < 1.29 is 14.3 Å². The molecule has 1 N–H and O–H groups in total. The average molecular weight is 430 g/mol. The van der Waals surface area contributed by atoms with Gasteiger partial charge in [0.2, 0.25) is 0 Å². The van der Waals surface area contributed by atoms with E-state index >= 15 is 0 Å². The van der Waals surface area contributed by atoms with E-state index in [0.717, 1.165) is 9.13 Å². The summed E-state index contributed by atoms with van der Waals surface area (Å²) in [6, 6.07) is 8.90. The lowest BCUT2D eigenvalue weighted by Gasteiger charge is -2.20. The fraction of sp³-hybridized carbons (Fsp3) is 0.188. The number of hydrogen-bond donors (Lipinski definition) is 1. The maximum absolute atomic E-state index is 12.4. The highest BCUT2D eigenvalue weighted by molar-refractivity contribution is 14.1. The normalized spacial score (nSPS) is 12.9. The van der Waals surface area contributed by atoms with Crippen molar-refractivity contribution in [1.82, 2.24) is 0 Å². The minimum absolute atomic E-state index is 0.210. The number of nitrogens with one attached hydrogen (secondary N) is 1. The minimum Gasteiger partial charge on any atom is -0.486 e. The van der Waals surface area contributed by atoms with Crippen molar-refractivity contribution in [2.75, 3.05) is 18.5 Å². The topological polar surface area (TPSA) is 47.6 Å². The molecule has 4 nitrogen and oxygen atoms in total. The van der Waals surface area contributed by atoms with E-state index in [9.17, 15) is 4.79 Å². The second-order valence-electron chi connectivity index (χ2n) is 4.89. The number of ether oxygens (including phenoxy) is 2. The van der Waals surface area contributed by atoms with E-state index in [0.29, 0.717) is 41.0 Å². The number of halogens is 2. The molecule has 0 aliphatic carbocycles. The van der Waals surface area contributed by atoms with Crippen LogP contribution in [0.1, 0.15) is 15.9 Å². The van der Waals surface area contributed by atoms with Gasteiger partial charge in [-0.2, -0.15) is 0 Å². The number of hydrogen-bond acceptors (Lipinski definition) is 3. The Balaban J connectivity index is 1.86. The maximum atomic E-state index is 12.4. The van der Waals surface area contributed by atoms with Gasteiger partial charge in [0.15, 0.2) is 11.5 Å². The van der Waals surface area contributed by atoms with Gasteiger partial charge in [0.25, 0.3) is 5.91 Å². The highest BCUT2D eigenvalue weighted by Gasteiger charge is 2.17. The number of aryl methyl sites for hydroxylation is 1. The predicted octanol–water partition coefficient (Wildman–Crippen LogP) is 4.28. The quantitative estimate of drug-likeness (QED) is 0.725. The first-order chi connectivity index (χ1) is 10.5. The Morgan fingerprint density at radius 1 is 1.18 bits per heavy atom. The molecular weight excluding hydrogens is 417 g/mol. The van der Waals surface area contributed by atoms with Gasteiger partial charge in [0, 0.05) is 21.3 Å². The number of fused-ring (bicyclic) bond motifs is 1. The first-order valence-electron chi connectivity index (χ1n) is 6.71. The standard InChI is InChI=1S/C16H13ClINO3/c1-9-6-10(2-3-12(9)18)16(20)19-13-8-15-14(7-11(13)17)21-4-5-22-15/h2-3,6-8H,4-5H2,1H3,(H,19,20). The second-order valence-corrected chi connectivity index (χ2v) is 6.46. The van der Waals surface area contributed by atoms with Crippen LogP contribution < -0.4 is 14.8 Å². The smallest absolute Gasteiger partial charge is 0.255 e. The zero-order chi connectivity index (χ0) is 15.7. The van der Waals surface area contributed by atoms with Gasteiger partial charge >= 0.3 is 0 Å². The lowest BCUT2D eigenvalue weighted by Crippen LogP contribution is -2.17. The molecule has 0 spiro atoms. The molecule has 0 radical (unpaired) electrons. The number of anilines is 1. The van der Waals surface area contributed by atoms with E-state index in [-0.39, 0.29) is 5.91 Å². The molecule has 0 bridgehead atoms. The lowest BCUT2D eigenvalue weighted by atomic mass is 10.1. The zero-order valence-electron chi connectivity index (χ0n) is 11.8. The SMILES string of the molecule is Cc1cc(C(=O)Nc2cc3c(cc2Cl)OCCO3)ccc1I. The fourth-order valence-corrected chi connectivity index (χ4v) is 2.68. The second kappa shape index (κ2) is 6.34. The predicted molar refractivity (Wildman–Crippen MR) is 94.3 cm³/mol. The number of amides is 1. The van der Waals surface area contributed by atoms with Crippen LogP contribution in [0, 0.1) is 10.5 Å². The molecular formula is C16H13ClINO3. The van der Waals surface area contributed by atoms with E-state index in [2.05, 4.69) is 27.9 Å². The van der Waals surface area contributed by atoms with Crippen molar-refractivity contribution in [2.45, 2.75) is 6.92 Å². The monoisotopic (exact) mass is 429 g/mol. The van der Waals surface area contributed by atoms with E-state index in [1.54, 1.807) is 18.2 Å². The molecule has 0 fully saturated rings. The first-order valence-corrected chi connectivity index (χ1v) is 8.17. The van der Waals surface area contributed by atoms with Gasteiger partial charge in [-0.1, -0.05) is 11.6 Å². The minimum atomic E-state index is -0.210. The summed E-state index contributed by atoms with van der Waals surface area (Å²) in [4.78, 5) is 12.4. The van der Waals surface area contributed by atoms with Crippen molar-refractivity contribution in [1.29, 1.82) is 0 Å². The molecule has 114 valence electrons. The van der Waals surface area contributed by atoms with Crippen LogP contribution in [0.15, 0.2) is 30.3 Å². The average Bonchev–Trinajstić information content (AvgIpc) is 2.50. The van der Waals surface area contributed by atoms with Crippen molar-refractivity contribution >= 4 is 45.8 Å². The molecule has 1 aliphatic heterocycles. The highest BCUT2D eigenvalue weighted by Crippen LogP contribution is 2.38. The molecule has 22 heavy (non-hydrogen) atoms. The van der Waals surface area contributed by atoms with Gasteiger partial charge in [-0.3, -0.25) is 4.79 Å². The first kappa shape index (κ1) is 15.4. The van der Waals surface area contributed by atoms with Crippen molar-refractivity contribution in [2.24, 2.45) is 0 Å². The van der Waals surface area contributed by atoms with Gasteiger partial charge in [0.05, 0.1) is 10.7 Å². The summed E-state index contributed by atoms with van der Waals surface area (Å²) >= 11 is 8.43. The Morgan fingerprint density at radius 2 is 1.86 bits per heavy atom. The Morgan fingerprint density at radius 3 is 2.55 bits per heavy atom. The van der Waals surface area contributed by atoms with Crippen LogP contribution in [-0.4, -0.2) is 19.1 Å². The summed E-state index contributed by atoms with van der Waals surface area (Å²) in [7, 11) is 0. The van der Waals surface area contributed by atoms with Crippen LogP contribution in [0.2, 0.25) is 5.02 Å². The maximum Gasteiger partial charge on any atom is 0.255 e. The third kappa shape index (κ3) is 3.15. The summed E-state index contributed by atoms with van der Waals surface area (Å²) in [5, 5.41) is 3.23. The molecule has 0 saturated carbocycles. The molecule has 2 aromatic rings. The lowest BCUT2D eigenvalue weighted by molar-refractivity contribution is 0.102. The Hall–Kier alpha value is -1.47. The Bertz CT molecular complexity index is 748.